The number of amides is 1. The summed E-state index contributed by atoms with van der Waals surface area (Å²) in [6.07, 6.45) is 1.35. The molecule has 1 heterocycles. The standard InChI is InChI=1S/C19H30FN5O.HI/c1-3-10-22-18(26)9-11-23-19(21-4-2)25-14-12-24(13-15-25)17-7-5-16(20)6-8-17;/h5-8H,3-4,9-15H2,1-2H3,(H,21,23)(H,22,26);1H. The van der Waals surface area contributed by atoms with Crippen molar-refractivity contribution in [3.05, 3.63) is 30.1 Å². The summed E-state index contributed by atoms with van der Waals surface area (Å²) in [6.45, 7) is 9.45. The summed E-state index contributed by atoms with van der Waals surface area (Å²) in [4.78, 5) is 20.8. The summed E-state index contributed by atoms with van der Waals surface area (Å²) >= 11 is 0. The Morgan fingerprint density at radius 2 is 1.78 bits per heavy atom. The number of aliphatic imine (C=N–C) groups is 1. The first-order valence-electron chi connectivity index (χ1n) is 9.44. The quantitative estimate of drug-likeness (QED) is 0.350. The van der Waals surface area contributed by atoms with E-state index in [9.17, 15) is 9.18 Å². The molecule has 2 rings (SSSR count). The van der Waals surface area contributed by atoms with Gasteiger partial charge in [-0.1, -0.05) is 6.92 Å². The molecular weight excluding hydrogens is 460 g/mol. The molecule has 1 aromatic rings. The minimum atomic E-state index is -0.211. The summed E-state index contributed by atoms with van der Waals surface area (Å²) in [5.74, 6) is 0.694. The smallest absolute Gasteiger partial charge is 0.221 e. The molecule has 1 aliphatic heterocycles. The summed E-state index contributed by atoms with van der Waals surface area (Å²) in [6, 6.07) is 6.63. The van der Waals surface area contributed by atoms with Crippen LogP contribution in [-0.4, -0.2) is 62.6 Å². The summed E-state index contributed by atoms with van der Waals surface area (Å²) in [7, 11) is 0. The number of piperazine rings is 1. The van der Waals surface area contributed by atoms with Crippen molar-refractivity contribution in [1.29, 1.82) is 0 Å². The molecule has 8 heteroatoms. The topological polar surface area (TPSA) is 60.0 Å². The van der Waals surface area contributed by atoms with Crippen LogP contribution in [0.3, 0.4) is 0 Å². The summed E-state index contributed by atoms with van der Waals surface area (Å²) in [5.41, 5.74) is 1.04. The molecule has 0 radical (unpaired) electrons. The van der Waals surface area contributed by atoms with Gasteiger partial charge in [-0.25, -0.2) is 4.39 Å². The zero-order valence-corrected chi connectivity index (χ0v) is 18.5. The first-order chi connectivity index (χ1) is 12.6. The lowest BCUT2D eigenvalue weighted by molar-refractivity contribution is -0.120. The molecule has 1 saturated heterocycles. The fraction of sp³-hybridized carbons (Fsp3) is 0.579. The largest absolute Gasteiger partial charge is 0.368 e. The lowest BCUT2D eigenvalue weighted by atomic mass is 10.2. The van der Waals surface area contributed by atoms with E-state index in [0.29, 0.717) is 19.5 Å². The molecule has 0 atom stereocenters. The molecule has 2 N–H and O–H groups in total. The van der Waals surface area contributed by atoms with Gasteiger partial charge in [0.2, 0.25) is 5.91 Å². The van der Waals surface area contributed by atoms with Gasteiger partial charge in [0.25, 0.3) is 0 Å². The van der Waals surface area contributed by atoms with Crippen molar-refractivity contribution in [2.45, 2.75) is 26.7 Å². The predicted molar refractivity (Wildman–Crippen MR) is 119 cm³/mol. The highest BCUT2D eigenvalue weighted by atomic mass is 127. The Bertz CT molecular complexity index is 588. The molecular formula is C19H31FIN5O. The number of hydrogen-bond donors (Lipinski definition) is 2. The molecule has 0 spiro atoms. The number of carbonyl (C=O) groups excluding carboxylic acids is 1. The molecule has 27 heavy (non-hydrogen) atoms. The Morgan fingerprint density at radius 1 is 1.11 bits per heavy atom. The monoisotopic (exact) mass is 491 g/mol. The average Bonchev–Trinajstić information content (AvgIpc) is 2.66. The minimum absolute atomic E-state index is 0. The van der Waals surface area contributed by atoms with Crippen LogP contribution >= 0.6 is 24.0 Å². The second kappa shape index (κ2) is 12.7. The molecule has 1 amide bonds. The van der Waals surface area contributed by atoms with Crippen LogP contribution in [0.25, 0.3) is 0 Å². The van der Waals surface area contributed by atoms with Crippen molar-refractivity contribution >= 4 is 41.5 Å². The van der Waals surface area contributed by atoms with Gasteiger partial charge in [-0.05, 0) is 37.6 Å². The van der Waals surface area contributed by atoms with Crippen LogP contribution in [0.4, 0.5) is 10.1 Å². The highest BCUT2D eigenvalue weighted by molar-refractivity contribution is 14.0. The number of benzene rings is 1. The minimum Gasteiger partial charge on any atom is -0.368 e. The second-order valence-electron chi connectivity index (χ2n) is 6.29. The van der Waals surface area contributed by atoms with Gasteiger partial charge in [-0.3, -0.25) is 9.79 Å². The van der Waals surface area contributed by atoms with Gasteiger partial charge in [0.15, 0.2) is 5.96 Å². The number of guanidine groups is 1. The molecule has 152 valence electrons. The van der Waals surface area contributed by atoms with Gasteiger partial charge >= 0.3 is 0 Å². The molecule has 0 saturated carbocycles. The molecule has 6 nitrogen and oxygen atoms in total. The maximum Gasteiger partial charge on any atom is 0.221 e. The number of halogens is 2. The Hall–Kier alpha value is -1.58. The van der Waals surface area contributed by atoms with Crippen molar-refractivity contribution in [3.63, 3.8) is 0 Å². The Balaban J connectivity index is 0.00000364. The van der Waals surface area contributed by atoms with E-state index in [2.05, 4.69) is 25.4 Å². The van der Waals surface area contributed by atoms with E-state index in [-0.39, 0.29) is 35.7 Å². The zero-order chi connectivity index (χ0) is 18.8. The van der Waals surface area contributed by atoms with Crippen LogP contribution in [-0.2, 0) is 4.79 Å². The molecule has 1 fully saturated rings. The summed E-state index contributed by atoms with van der Waals surface area (Å²) in [5, 5.41) is 6.18. The number of nitrogens with zero attached hydrogens (tertiary/aromatic N) is 3. The fourth-order valence-corrected chi connectivity index (χ4v) is 2.87. The Kier molecular flexibility index (Phi) is 11.1. The van der Waals surface area contributed by atoms with Crippen LogP contribution < -0.4 is 15.5 Å². The molecule has 0 aliphatic carbocycles. The lowest BCUT2D eigenvalue weighted by Gasteiger charge is -2.37. The lowest BCUT2D eigenvalue weighted by Crippen LogP contribution is -2.52. The van der Waals surface area contributed by atoms with Crippen LogP contribution in [0.2, 0.25) is 0 Å². The molecule has 1 aromatic carbocycles. The van der Waals surface area contributed by atoms with Crippen LogP contribution in [0, 0.1) is 5.82 Å². The molecule has 0 aromatic heterocycles. The van der Waals surface area contributed by atoms with Gasteiger partial charge in [-0.2, -0.15) is 0 Å². The Morgan fingerprint density at radius 3 is 2.37 bits per heavy atom. The molecule has 0 unspecified atom stereocenters. The van der Waals surface area contributed by atoms with Gasteiger partial charge in [0.05, 0.1) is 6.54 Å². The van der Waals surface area contributed by atoms with E-state index in [1.807, 2.05) is 26.0 Å². The second-order valence-corrected chi connectivity index (χ2v) is 6.29. The number of rotatable bonds is 7. The van der Waals surface area contributed by atoms with Gasteiger partial charge in [0.1, 0.15) is 5.82 Å². The van der Waals surface area contributed by atoms with Gasteiger partial charge in [-0.15, -0.1) is 24.0 Å². The first kappa shape index (κ1) is 23.5. The van der Waals surface area contributed by atoms with E-state index in [1.54, 1.807) is 0 Å². The van der Waals surface area contributed by atoms with Crippen molar-refractivity contribution in [1.82, 2.24) is 15.5 Å². The van der Waals surface area contributed by atoms with Crippen LogP contribution in [0.1, 0.15) is 26.7 Å². The number of nitrogens with one attached hydrogen (secondary N) is 2. The Labute approximate surface area is 178 Å². The SMILES string of the molecule is CCCNC(=O)CCN=C(NCC)N1CCN(c2ccc(F)cc2)CC1.I. The number of carbonyl (C=O) groups is 1. The van der Waals surface area contributed by atoms with Crippen molar-refractivity contribution in [3.8, 4) is 0 Å². The van der Waals surface area contributed by atoms with Crippen molar-refractivity contribution in [2.75, 3.05) is 50.7 Å². The normalized spacial score (nSPS) is 14.6. The van der Waals surface area contributed by atoms with Crippen molar-refractivity contribution in [2.24, 2.45) is 4.99 Å². The van der Waals surface area contributed by atoms with E-state index in [0.717, 1.165) is 50.8 Å². The third-order valence-corrected chi connectivity index (χ3v) is 4.28. The maximum absolute atomic E-state index is 13.1. The number of hydrogen-bond acceptors (Lipinski definition) is 3. The van der Waals surface area contributed by atoms with E-state index in [4.69, 9.17) is 0 Å². The fourth-order valence-electron chi connectivity index (χ4n) is 2.87. The molecule has 0 bridgehead atoms. The first-order valence-corrected chi connectivity index (χ1v) is 9.44. The zero-order valence-electron chi connectivity index (χ0n) is 16.2. The van der Waals surface area contributed by atoms with Crippen LogP contribution in [0.15, 0.2) is 29.3 Å². The molecule has 1 aliphatic rings. The van der Waals surface area contributed by atoms with Crippen LogP contribution in [0.5, 0.6) is 0 Å². The van der Waals surface area contributed by atoms with E-state index < -0.39 is 0 Å². The third-order valence-electron chi connectivity index (χ3n) is 4.28. The maximum atomic E-state index is 13.1. The van der Waals surface area contributed by atoms with Gasteiger partial charge in [0, 0.05) is 51.4 Å². The van der Waals surface area contributed by atoms with Crippen molar-refractivity contribution < 1.29 is 9.18 Å². The van der Waals surface area contributed by atoms with E-state index >= 15 is 0 Å². The average molecular weight is 491 g/mol. The van der Waals surface area contributed by atoms with E-state index in [1.165, 1.54) is 12.1 Å². The van der Waals surface area contributed by atoms with Gasteiger partial charge < -0.3 is 20.4 Å². The predicted octanol–water partition coefficient (Wildman–Crippen LogP) is 2.45. The third kappa shape index (κ3) is 7.90. The highest BCUT2D eigenvalue weighted by Gasteiger charge is 2.19. The summed E-state index contributed by atoms with van der Waals surface area (Å²) < 4.78 is 13.1. The highest BCUT2D eigenvalue weighted by Crippen LogP contribution is 2.16. The number of anilines is 1.